The number of nitrogens with one attached hydrogen (secondary N) is 1. The van der Waals surface area contributed by atoms with Gasteiger partial charge in [0.05, 0.1) is 6.61 Å². The number of amides is 1. The minimum Gasteiger partial charge on any atom is -0.494 e. The van der Waals surface area contributed by atoms with Crippen molar-refractivity contribution in [2.24, 2.45) is 0 Å². The van der Waals surface area contributed by atoms with E-state index >= 15 is 0 Å². The molecule has 0 unspecified atom stereocenters. The summed E-state index contributed by atoms with van der Waals surface area (Å²) >= 11 is 2.81. The summed E-state index contributed by atoms with van der Waals surface area (Å²) in [5.74, 6) is 1.11. The Kier molecular flexibility index (Phi) is 5.82. The monoisotopic (exact) mass is 325 g/mol. The Bertz CT molecular complexity index is 587. The summed E-state index contributed by atoms with van der Waals surface area (Å²) in [6.07, 6.45) is 1.90. The van der Waals surface area contributed by atoms with E-state index in [4.69, 9.17) is 9.47 Å². The van der Waals surface area contributed by atoms with Crippen molar-refractivity contribution < 1.29 is 14.3 Å². The molecule has 0 fully saturated rings. The van der Waals surface area contributed by atoms with Crippen molar-refractivity contribution in [3.05, 3.63) is 24.3 Å². The van der Waals surface area contributed by atoms with Gasteiger partial charge in [0.2, 0.25) is 5.13 Å². The van der Waals surface area contributed by atoms with E-state index in [2.05, 4.69) is 15.5 Å². The molecule has 0 atom stereocenters. The average molecular weight is 325 g/mol. The summed E-state index contributed by atoms with van der Waals surface area (Å²) in [6.45, 7) is 2.45. The van der Waals surface area contributed by atoms with Crippen molar-refractivity contribution in [1.82, 2.24) is 10.2 Å². The standard InChI is InChI=1S/C13H15N3O3S2/c1-3-18-9-4-6-10(7-5-9)19-8-11(17)14-12-15-16-13(20-2)21-12/h4-7H,3,8H2,1-2H3,(H,14,15,17). The minimum absolute atomic E-state index is 0.0812. The highest BCUT2D eigenvalue weighted by molar-refractivity contribution is 8.00. The molecule has 0 bridgehead atoms. The van der Waals surface area contributed by atoms with E-state index in [0.717, 1.165) is 10.1 Å². The summed E-state index contributed by atoms with van der Waals surface area (Å²) in [5.41, 5.74) is 0. The molecule has 1 aromatic heterocycles. The number of rotatable bonds is 7. The van der Waals surface area contributed by atoms with Crippen molar-refractivity contribution >= 4 is 34.1 Å². The maximum absolute atomic E-state index is 11.7. The van der Waals surface area contributed by atoms with Crippen LogP contribution in [0.25, 0.3) is 0 Å². The Morgan fingerprint density at radius 2 is 1.90 bits per heavy atom. The lowest BCUT2D eigenvalue weighted by molar-refractivity contribution is -0.118. The van der Waals surface area contributed by atoms with Gasteiger partial charge in [0.25, 0.3) is 5.91 Å². The van der Waals surface area contributed by atoms with Crippen LogP contribution in [-0.4, -0.2) is 35.6 Å². The molecular formula is C13H15N3O3S2. The molecule has 0 saturated carbocycles. The van der Waals surface area contributed by atoms with Crippen LogP contribution >= 0.6 is 23.1 Å². The second-order valence-corrected chi connectivity index (χ2v) is 5.85. The minimum atomic E-state index is -0.271. The molecule has 21 heavy (non-hydrogen) atoms. The smallest absolute Gasteiger partial charge is 0.264 e. The molecule has 0 aliphatic heterocycles. The van der Waals surface area contributed by atoms with Crippen LogP contribution in [0, 0.1) is 0 Å². The second kappa shape index (κ2) is 7.84. The summed E-state index contributed by atoms with van der Waals surface area (Å²) in [7, 11) is 0. The van der Waals surface area contributed by atoms with Gasteiger partial charge >= 0.3 is 0 Å². The van der Waals surface area contributed by atoms with Crippen LogP contribution in [0.2, 0.25) is 0 Å². The molecule has 0 aliphatic rings. The van der Waals surface area contributed by atoms with Gasteiger partial charge in [-0.25, -0.2) is 0 Å². The first kappa shape index (κ1) is 15.6. The summed E-state index contributed by atoms with van der Waals surface area (Å²) in [4.78, 5) is 11.7. The molecule has 2 aromatic rings. The number of hydrogen-bond acceptors (Lipinski definition) is 7. The number of hydrogen-bond donors (Lipinski definition) is 1. The lowest BCUT2D eigenvalue weighted by Gasteiger charge is -2.07. The number of anilines is 1. The average Bonchev–Trinajstić information content (AvgIpc) is 2.94. The molecule has 0 saturated heterocycles. The zero-order valence-corrected chi connectivity index (χ0v) is 13.3. The molecule has 1 N–H and O–H groups in total. The second-order valence-electron chi connectivity index (χ2n) is 3.82. The number of ether oxygens (including phenoxy) is 2. The van der Waals surface area contributed by atoms with Crippen LogP contribution in [0.15, 0.2) is 28.6 Å². The van der Waals surface area contributed by atoms with Crippen LogP contribution in [-0.2, 0) is 4.79 Å². The van der Waals surface area contributed by atoms with Gasteiger partial charge in [0.15, 0.2) is 10.9 Å². The van der Waals surface area contributed by atoms with Crippen LogP contribution in [0.5, 0.6) is 11.5 Å². The quantitative estimate of drug-likeness (QED) is 0.623. The maximum atomic E-state index is 11.7. The number of benzene rings is 1. The van der Waals surface area contributed by atoms with Crippen molar-refractivity contribution in [3.63, 3.8) is 0 Å². The van der Waals surface area contributed by atoms with Crippen molar-refractivity contribution in [2.75, 3.05) is 24.8 Å². The Balaban J connectivity index is 1.80. The van der Waals surface area contributed by atoms with Crippen molar-refractivity contribution in [3.8, 4) is 11.5 Å². The van der Waals surface area contributed by atoms with Crippen LogP contribution in [0.4, 0.5) is 5.13 Å². The van der Waals surface area contributed by atoms with Gasteiger partial charge in [-0.3, -0.25) is 10.1 Å². The highest BCUT2D eigenvalue weighted by Crippen LogP contribution is 2.23. The molecule has 112 valence electrons. The topological polar surface area (TPSA) is 73.3 Å². The van der Waals surface area contributed by atoms with Crippen LogP contribution in [0.3, 0.4) is 0 Å². The first-order valence-electron chi connectivity index (χ1n) is 6.24. The van der Waals surface area contributed by atoms with Gasteiger partial charge in [0, 0.05) is 0 Å². The lowest BCUT2D eigenvalue weighted by atomic mass is 10.3. The van der Waals surface area contributed by atoms with Gasteiger partial charge in [0.1, 0.15) is 11.5 Å². The van der Waals surface area contributed by atoms with Gasteiger partial charge in [-0.05, 0) is 37.4 Å². The number of thioether (sulfide) groups is 1. The highest BCUT2D eigenvalue weighted by Gasteiger charge is 2.08. The third-order valence-corrected chi connectivity index (χ3v) is 4.15. The molecule has 0 radical (unpaired) electrons. The summed E-state index contributed by atoms with van der Waals surface area (Å²) in [5, 5.41) is 10.9. The fourth-order valence-electron chi connectivity index (χ4n) is 1.45. The molecule has 0 spiro atoms. The third-order valence-electron chi connectivity index (χ3n) is 2.33. The predicted octanol–water partition coefficient (Wildman–Crippen LogP) is 2.68. The van der Waals surface area contributed by atoms with Gasteiger partial charge in [-0.2, -0.15) is 0 Å². The zero-order chi connectivity index (χ0) is 15.1. The highest BCUT2D eigenvalue weighted by atomic mass is 32.2. The molecule has 6 nitrogen and oxygen atoms in total. The first-order valence-corrected chi connectivity index (χ1v) is 8.28. The van der Waals surface area contributed by atoms with E-state index in [1.54, 1.807) is 24.3 Å². The van der Waals surface area contributed by atoms with E-state index in [-0.39, 0.29) is 12.5 Å². The molecule has 1 heterocycles. The molecule has 1 aromatic carbocycles. The molecular weight excluding hydrogens is 310 g/mol. The summed E-state index contributed by atoms with van der Waals surface area (Å²) < 4.78 is 11.5. The zero-order valence-electron chi connectivity index (χ0n) is 11.7. The van der Waals surface area contributed by atoms with E-state index in [9.17, 15) is 4.79 Å². The fourth-order valence-corrected chi connectivity index (χ4v) is 2.63. The predicted molar refractivity (Wildman–Crippen MR) is 83.4 cm³/mol. The van der Waals surface area contributed by atoms with E-state index in [1.807, 2.05) is 13.2 Å². The first-order chi connectivity index (χ1) is 10.2. The van der Waals surface area contributed by atoms with Gasteiger partial charge in [-0.1, -0.05) is 23.1 Å². The number of aromatic nitrogens is 2. The fraction of sp³-hybridized carbons (Fsp3) is 0.308. The number of carbonyl (C=O) groups excluding carboxylic acids is 1. The van der Waals surface area contributed by atoms with E-state index in [0.29, 0.717) is 17.5 Å². The Labute approximate surface area is 130 Å². The van der Waals surface area contributed by atoms with Gasteiger partial charge in [-0.15, -0.1) is 10.2 Å². The third kappa shape index (κ3) is 4.91. The van der Waals surface area contributed by atoms with E-state index in [1.165, 1.54) is 23.1 Å². The maximum Gasteiger partial charge on any atom is 0.264 e. The molecule has 8 heteroatoms. The Morgan fingerprint density at radius 3 is 2.48 bits per heavy atom. The van der Waals surface area contributed by atoms with Crippen molar-refractivity contribution in [1.29, 1.82) is 0 Å². The molecule has 0 aliphatic carbocycles. The Morgan fingerprint density at radius 1 is 1.24 bits per heavy atom. The van der Waals surface area contributed by atoms with E-state index < -0.39 is 0 Å². The lowest BCUT2D eigenvalue weighted by Crippen LogP contribution is -2.20. The number of carbonyl (C=O) groups is 1. The molecule has 2 rings (SSSR count). The van der Waals surface area contributed by atoms with Crippen LogP contribution < -0.4 is 14.8 Å². The molecule has 1 amide bonds. The summed E-state index contributed by atoms with van der Waals surface area (Å²) in [6, 6.07) is 7.11. The number of nitrogens with zero attached hydrogens (tertiary/aromatic N) is 2. The Hall–Kier alpha value is -1.80. The largest absolute Gasteiger partial charge is 0.494 e. The van der Waals surface area contributed by atoms with Crippen molar-refractivity contribution in [2.45, 2.75) is 11.3 Å². The normalized spacial score (nSPS) is 10.2. The van der Waals surface area contributed by atoms with Gasteiger partial charge < -0.3 is 9.47 Å². The van der Waals surface area contributed by atoms with Crippen LogP contribution in [0.1, 0.15) is 6.92 Å². The SMILES string of the molecule is CCOc1ccc(OCC(=O)Nc2nnc(SC)s2)cc1.